The average Bonchev–Trinajstić information content (AvgIpc) is 2.55. The van der Waals surface area contributed by atoms with E-state index in [0.29, 0.717) is 12.8 Å². The molecular formula is C10H13NO5. The summed E-state index contributed by atoms with van der Waals surface area (Å²) >= 11 is 0. The Morgan fingerprint density at radius 2 is 1.88 bits per heavy atom. The van der Waals surface area contributed by atoms with E-state index in [2.05, 4.69) is 0 Å². The summed E-state index contributed by atoms with van der Waals surface area (Å²) in [5, 5.41) is 0.989. The van der Waals surface area contributed by atoms with Crippen LogP contribution in [0.2, 0.25) is 0 Å². The highest BCUT2D eigenvalue weighted by molar-refractivity contribution is 6.07. The van der Waals surface area contributed by atoms with Crippen molar-refractivity contribution in [1.82, 2.24) is 5.06 Å². The van der Waals surface area contributed by atoms with Crippen LogP contribution < -0.4 is 0 Å². The minimum absolute atomic E-state index is 0.486. The molecular weight excluding hydrogens is 214 g/mol. The van der Waals surface area contributed by atoms with Crippen molar-refractivity contribution < 1.29 is 23.9 Å². The Hall–Kier alpha value is -1.14. The summed E-state index contributed by atoms with van der Waals surface area (Å²) in [5.74, 6) is -3.92. The Morgan fingerprint density at radius 1 is 1.19 bits per heavy atom. The lowest BCUT2D eigenvalue weighted by Gasteiger charge is -2.40. The van der Waals surface area contributed by atoms with E-state index in [1.54, 1.807) is 0 Å². The van der Waals surface area contributed by atoms with Gasteiger partial charge in [-0.25, -0.2) is 14.7 Å². The smallest absolute Gasteiger partial charge is 0.382 e. The summed E-state index contributed by atoms with van der Waals surface area (Å²) in [6.07, 6.45) is 4.26. The first-order valence-corrected chi connectivity index (χ1v) is 5.49. The summed E-state index contributed by atoms with van der Waals surface area (Å²) in [6.45, 7) is 0. The third-order valence-corrected chi connectivity index (χ3v) is 3.33. The fourth-order valence-corrected chi connectivity index (χ4v) is 2.48. The van der Waals surface area contributed by atoms with Gasteiger partial charge in [0.05, 0.1) is 0 Å². The molecule has 1 amide bonds. The number of rotatable bonds is 0. The van der Waals surface area contributed by atoms with Crippen LogP contribution in [0.1, 0.15) is 32.1 Å². The molecule has 3 rings (SSSR count). The quantitative estimate of drug-likeness (QED) is 0.440. The van der Waals surface area contributed by atoms with Gasteiger partial charge in [-0.1, -0.05) is 6.42 Å². The molecule has 1 aliphatic carbocycles. The first-order valence-electron chi connectivity index (χ1n) is 5.49. The number of esters is 1. The third kappa shape index (κ3) is 1.08. The number of amides is 1. The van der Waals surface area contributed by atoms with Crippen LogP contribution in [0.4, 0.5) is 0 Å². The standard InChI is InChI=1S/C10H13NO5/c1-11-7(12)10(16-11)8(13)14-9(15-10)5-3-2-4-6-9/h2-6H2,1H3. The highest BCUT2D eigenvalue weighted by atomic mass is 16.9. The van der Waals surface area contributed by atoms with Gasteiger partial charge < -0.3 is 4.74 Å². The van der Waals surface area contributed by atoms with Crippen LogP contribution in [0, 0.1) is 0 Å². The van der Waals surface area contributed by atoms with Gasteiger partial charge in [0, 0.05) is 19.9 Å². The lowest BCUT2D eigenvalue weighted by Crippen LogP contribution is -2.67. The van der Waals surface area contributed by atoms with Gasteiger partial charge in [0.25, 0.3) is 0 Å². The van der Waals surface area contributed by atoms with Gasteiger partial charge in [-0.15, -0.1) is 0 Å². The molecule has 3 fully saturated rings. The van der Waals surface area contributed by atoms with Crippen molar-refractivity contribution in [1.29, 1.82) is 0 Å². The van der Waals surface area contributed by atoms with Gasteiger partial charge in [0.15, 0.2) is 0 Å². The van der Waals surface area contributed by atoms with Crippen molar-refractivity contribution in [3.05, 3.63) is 0 Å². The van der Waals surface area contributed by atoms with E-state index >= 15 is 0 Å². The molecule has 0 aromatic heterocycles. The topological polar surface area (TPSA) is 65.1 Å². The zero-order valence-electron chi connectivity index (χ0n) is 9.02. The molecule has 16 heavy (non-hydrogen) atoms. The number of likely N-dealkylation sites (N-methyl/N-ethyl adjacent to an activating group) is 1. The summed E-state index contributed by atoms with van der Waals surface area (Å²) in [4.78, 5) is 28.3. The number of nitrogens with zero attached hydrogens (tertiary/aromatic N) is 1. The Kier molecular flexibility index (Phi) is 1.85. The summed E-state index contributed by atoms with van der Waals surface area (Å²) in [5.41, 5.74) is 0. The summed E-state index contributed by atoms with van der Waals surface area (Å²) in [6, 6.07) is 0. The van der Waals surface area contributed by atoms with Crippen molar-refractivity contribution in [3.63, 3.8) is 0 Å². The number of hydrogen-bond acceptors (Lipinski definition) is 5. The second kappa shape index (κ2) is 2.95. The molecule has 2 spiro atoms. The zero-order valence-corrected chi connectivity index (χ0v) is 9.02. The molecule has 1 unspecified atom stereocenters. The van der Waals surface area contributed by atoms with E-state index in [4.69, 9.17) is 14.3 Å². The van der Waals surface area contributed by atoms with Crippen LogP contribution in [-0.4, -0.2) is 35.6 Å². The molecule has 3 aliphatic rings. The first-order chi connectivity index (χ1) is 7.58. The van der Waals surface area contributed by atoms with Gasteiger partial charge >= 0.3 is 17.7 Å². The minimum Gasteiger partial charge on any atom is -0.428 e. The second-order valence-corrected chi connectivity index (χ2v) is 4.47. The first kappa shape index (κ1) is 10.0. The largest absolute Gasteiger partial charge is 0.428 e. The summed E-state index contributed by atoms with van der Waals surface area (Å²) in [7, 11) is 1.44. The maximum atomic E-state index is 11.7. The average molecular weight is 227 g/mol. The third-order valence-electron chi connectivity index (χ3n) is 3.33. The molecule has 2 saturated heterocycles. The number of hydrogen-bond donors (Lipinski definition) is 0. The lowest BCUT2D eigenvalue weighted by atomic mass is 9.94. The molecule has 1 saturated carbocycles. The van der Waals surface area contributed by atoms with E-state index in [0.717, 1.165) is 24.3 Å². The highest BCUT2D eigenvalue weighted by Crippen LogP contribution is 2.46. The molecule has 2 heterocycles. The normalized spacial score (nSPS) is 36.7. The van der Waals surface area contributed by atoms with Gasteiger partial charge in [-0.2, -0.15) is 0 Å². The van der Waals surface area contributed by atoms with Gasteiger partial charge in [0.2, 0.25) is 5.79 Å². The molecule has 6 heteroatoms. The Labute approximate surface area is 92.4 Å². The molecule has 88 valence electrons. The fraction of sp³-hybridized carbons (Fsp3) is 0.800. The van der Waals surface area contributed by atoms with Crippen molar-refractivity contribution >= 4 is 11.9 Å². The van der Waals surface area contributed by atoms with Crippen molar-refractivity contribution in [2.45, 2.75) is 43.7 Å². The number of ether oxygens (including phenoxy) is 2. The molecule has 6 nitrogen and oxygen atoms in total. The second-order valence-electron chi connectivity index (χ2n) is 4.47. The SMILES string of the molecule is CN1OC2(OC3(CCCCC3)OC2=O)C1=O. The Morgan fingerprint density at radius 3 is 2.44 bits per heavy atom. The van der Waals surface area contributed by atoms with Crippen molar-refractivity contribution in [2.24, 2.45) is 0 Å². The van der Waals surface area contributed by atoms with Gasteiger partial charge in [-0.05, 0) is 12.8 Å². The predicted octanol–water partition coefficient (Wildman–Crippen LogP) is 0.320. The van der Waals surface area contributed by atoms with E-state index in [1.165, 1.54) is 7.05 Å². The maximum Gasteiger partial charge on any atom is 0.382 e. The van der Waals surface area contributed by atoms with Gasteiger partial charge in [-0.3, -0.25) is 9.53 Å². The molecule has 0 aromatic rings. The molecule has 2 aliphatic heterocycles. The van der Waals surface area contributed by atoms with E-state index in [9.17, 15) is 9.59 Å². The van der Waals surface area contributed by atoms with Crippen LogP contribution in [0.15, 0.2) is 0 Å². The predicted molar refractivity (Wildman–Crippen MR) is 49.6 cm³/mol. The summed E-state index contributed by atoms with van der Waals surface area (Å²) < 4.78 is 10.8. The number of hydroxylamine groups is 2. The molecule has 0 aromatic carbocycles. The van der Waals surface area contributed by atoms with Crippen LogP contribution in [0.5, 0.6) is 0 Å². The van der Waals surface area contributed by atoms with Crippen LogP contribution in [0.3, 0.4) is 0 Å². The van der Waals surface area contributed by atoms with Crippen LogP contribution >= 0.6 is 0 Å². The van der Waals surface area contributed by atoms with Crippen molar-refractivity contribution in [2.75, 3.05) is 7.05 Å². The monoisotopic (exact) mass is 227 g/mol. The van der Waals surface area contributed by atoms with Crippen LogP contribution in [-0.2, 0) is 23.9 Å². The van der Waals surface area contributed by atoms with E-state index in [-0.39, 0.29) is 0 Å². The van der Waals surface area contributed by atoms with Gasteiger partial charge in [0.1, 0.15) is 0 Å². The molecule has 0 N–H and O–H groups in total. The van der Waals surface area contributed by atoms with E-state index in [1.807, 2.05) is 0 Å². The fourth-order valence-electron chi connectivity index (χ4n) is 2.48. The van der Waals surface area contributed by atoms with Crippen molar-refractivity contribution in [3.8, 4) is 0 Å². The Balaban J connectivity index is 1.85. The number of carbonyl (C=O) groups is 2. The number of carbonyl (C=O) groups excluding carboxylic acids is 2. The highest BCUT2D eigenvalue weighted by Gasteiger charge is 2.71. The zero-order chi connectivity index (χ0) is 11.4. The molecule has 0 bridgehead atoms. The lowest BCUT2D eigenvalue weighted by molar-refractivity contribution is -0.376. The molecule has 1 atom stereocenters. The molecule has 0 radical (unpaired) electrons. The van der Waals surface area contributed by atoms with E-state index < -0.39 is 23.5 Å². The maximum absolute atomic E-state index is 11.7. The minimum atomic E-state index is -1.80. The van der Waals surface area contributed by atoms with Crippen LogP contribution in [0.25, 0.3) is 0 Å². The Bertz CT molecular complexity index is 362.